The summed E-state index contributed by atoms with van der Waals surface area (Å²) in [5.74, 6) is -0.441. The van der Waals surface area contributed by atoms with Gasteiger partial charge in [0, 0.05) is 12.7 Å². The molecule has 0 saturated carbocycles. The Bertz CT molecular complexity index is 370. The molecule has 2 N–H and O–H groups in total. The maximum atomic E-state index is 12.9. The van der Waals surface area contributed by atoms with Crippen molar-refractivity contribution in [1.29, 1.82) is 0 Å². The highest BCUT2D eigenvalue weighted by molar-refractivity contribution is 9.10. The molecule has 1 rings (SSSR count). The zero-order chi connectivity index (χ0) is 11.4. The molecule has 0 aliphatic heterocycles. The Morgan fingerprint density at radius 3 is 2.73 bits per heavy atom. The van der Waals surface area contributed by atoms with E-state index in [1.807, 2.05) is 0 Å². The van der Waals surface area contributed by atoms with Gasteiger partial charge in [0.05, 0.1) is 4.47 Å². The Hall–Kier alpha value is -1.10. The largest absolute Gasteiger partial charge is 0.374 e. The smallest absolute Gasteiger partial charge is 0.241 e. The molecule has 15 heavy (non-hydrogen) atoms. The summed E-state index contributed by atoms with van der Waals surface area (Å²) in [5, 5.41) is 5.48. The number of nitrogens with one attached hydrogen (secondary N) is 2. The van der Waals surface area contributed by atoms with E-state index in [0.29, 0.717) is 10.2 Å². The summed E-state index contributed by atoms with van der Waals surface area (Å²) in [6.07, 6.45) is 0. The van der Waals surface area contributed by atoms with Crippen LogP contribution in [0.5, 0.6) is 0 Å². The summed E-state index contributed by atoms with van der Waals surface area (Å²) in [7, 11) is 1.57. The molecular weight excluding hydrogens is 263 g/mol. The van der Waals surface area contributed by atoms with Crippen LogP contribution < -0.4 is 10.6 Å². The lowest BCUT2D eigenvalue weighted by Gasteiger charge is -2.13. The van der Waals surface area contributed by atoms with Crippen molar-refractivity contribution in [1.82, 2.24) is 5.32 Å². The van der Waals surface area contributed by atoms with Gasteiger partial charge in [0.2, 0.25) is 5.91 Å². The molecule has 82 valence electrons. The minimum Gasteiger partial charge on any atom is -0.374 e. The fourth-order valence-corrected chi connectivity index (χ4v) is 1.50. The van der Waals surface area contributed by atoms with Crippen LogP contribution in [0.3, 0.4) is 0 Å². The predicted molar refractivity (Wildman–Crippen MR) is 61.3 cm³/mol. The maximum Gasteiger partial charge on any atom is 0.241 e. The summed E-state index contributed by atoms with van der Waals surface area (Å²) in [6.45, 7) is 1.73. The van der Waals surface area contributed by atoms with E-state index in [1.54, 1.807) is 26.1 Å². The lowest BCUT2D eigenvalue weighted by Crippen LogP contribution is -2.35. The average Bonchev–Trinajstić information content (AvgIpc) is 2.22. The van der Waals surface area contributed by atoms with Gasteiger partial charge in [-0.3, -0.25) is 4.79 Å². The monoisotopic (exact) mass is 274 g/mol. The molecule has 0 radical (unpaired) electrons. The lowest BCUT2D eigenvalue weighted by molar-refractivity contribution is -0.121. The number of rotatable bonds is 3. The van der Waals surface area contributed by atoms with Gasteiger partial charge in [0.25, 0.3) is 0 Å². The van der Waals surface area contributed by atoms with E-state index in [9.17, 15) is 9.18 Å². The van der Waals surface area contributed by atoms with Crippen molar-refractivity contribution >= 4 is 27.5 Å². The Morgan fingerprint density at radius 1 is 1.53 bits per heavy atom. The van der Waals surface area contributed by atoms with Gasteiger partial charge in [-0.2, -0.15) is 0 Å². The Balaban J connectivity index is 2.73. The highest BCUT2D eigenvalue weighted by atomic mass is 79.9. The lowest BCUT2D eigenvalue weighted by atomic mass is 10.2. The summed E-state index contributed by atoms with van der Waals surface area (Å²) in [6, 6.07) is 4.16. The number of benzene rings is 1. The van der Waals surface area contributed by atoms with Gasteiger partial charge in [0.1, 0.15) is 11.9 Å². The van der Waals surface area contributed by atoms with Gasteiger partial charge in [-0.15, -0.1) is 0 Å². The molecule has 1 atom stereocenters. The third-order valence-corrected chi connectivity index (χ3v) is 2.55. The second-order valence-electron chi connectivity index (χ2n) is 3.11. The first-order valence-electron chi connectivity index (χ1n) is 4.47. The molecule has 0 fully saturated rings. The topological polar surface area (TPSA) is 41.1 Å². The van der Waals surface area contributed by atoms with Crippen LogP contribution in [-0.2, 0) is 4.79 Å². The normalized spacial score (nSPS) is 12.0. The zero-order valence-electron chi connectivity index (χ0n) is 8.47. The maximum absolute atomic E-state index is 12.9. The molecular formula is C10H12BrFN2O. The molecule has 1 amide bonds. The molecule has 0 heterocycles. The first kappa shape index (κ1) is 12.0. The molecule has 0 saturated heterocycles. The highest BCUT2D eigenvalue weighted by Crippen LogP contribution is 2.20. The number of hydrogen-bond acceptors (Lipinski definition) is 2. The molecule has 0 aliphatic rings. The van der Waals surface area contributed by atoms with E-state index in [1.165, 1.54) is 6.07 Å². The first-order valence-corrected chi connectivity index (χ1v) is 5.27. The number of carbonyl (C=O) groups is 1. The molecule has 1 unspecified atom stereocenters. The molecule has 1 aromatic rings. The Morgan fingerprint density at radius 2 is 2.20 bits per heavy atom. The fourth-order valence-electron chi connectivity index (χ4n) is 1.12. The van der Waals surface area contributed by atoms with Crippen molar-refractivity contribution in [3.8, 4) is 0 Å². The average molecular weight is 275 g/mol. The number of hydrogen-bond donors (Lipinski definition) is 2. The quantitative estimate of drug-likeness (QED) is 0.887. The Kier molecular flexibility index (Phi) is 4.08. The van der Waals surface area contributed by atoms with E-state index >= 15 is 0 Å². The van der Waals surface area contributed by atoms with E-state index < -0.39 is 0 Å². The van der Waals surface area contributed by atoms with Crippen molar-refractivity contribution < 1.29 is 9.18 Å². The van der Waals surface area contributed by atoms with Gasteiger partial charge in [-0.1, -0.05) is 0 Å². The van der Waals surface area contributed by atoms with Gasteiger partial charge in [0.15, 0.2) is 0 Å². The van der Waals surface area contributed by atoms with Crippen molar-refractivity contribution in [2.45, 2.75) is 13.0 Å². The van der Waals surface area contributed by atoms with E-state index in [2.05, 4.69) is 26.6 Å². The van der Waals surface area contributed by atoms with E-state index in [-0.39, 0.29) is 17.8 Å². The first-order chi connectivity index (χ1) is 7.04. The van der Waals surface area contributed by atoms with Gasteiger partial charge >= 0.3 is 0 Å². The van der Waals surface area contributed by atoms with Crippen LogP contribution in [0.1, 0.15) is 6.92 Å². The SMILES string of the molecule is CNC(=O)C(C)Nc1ccc(F)c(Br)c1. The minimum atomic E-state index is -0.354. The third kappa shape index (κ3) is 3.20. The molecule has 5 heteroatoms. The van der Waals surface area contributed by atoms with Crippen LogP contribution in [0.2, 0.25) is 0 Å². The number of anilines is 1. The van der Waals surface area contributed by atoms with Crippen LogP contribution in [-0.4, -0.2) is 19.0 Å². The van der Waals surface area contributed by atoms with Crippen LogP contribution in [0.4, 0.5) is 10.1 Å². The van der Waals surface area contributed by atoms with Crippen molar-refractivity contribution in [2.75, 3.05) is 12.4 Å². The number of carbonyl (C=O) groups excluding carboxylic acids is 1. The van der Waals surface area contributed by atoms with Gasteiger partial charge < -0.3 is 10.6 Å². The van der Waals surface area contributed by atoms with Gasteiger partial charge in [-0.25, -0.2) is 4.39 Å². The highest BCUT2D eigenvalue weighted by Gasteiger charge is 2.10. The number of likely N-dealkylation sites (N-methyl/N-ethyl adjacent to an activating group) is 1. The number of halogens is 2. The summed E-state index contributed by atoms with van der Waals surface area (Å²) < 4.78 is 13.3. The van der Waals surface area contributed by atoms with Crippen LogP contribution in [0, 0.1) is 5.82 Å². The van der Waals surface area contributed by atoms with Gasteiger partial charge in [-0.05, 0) is 41.1 Å². The molecule has 1 aromatic carbocycles. The number of amides is 1. The summed E-state index contributed by atoms with van der Waals surface area (Å²) in [5.41, 5.74) is 0.694. The zero-order valence-corrected chi connectivity index (χ0v) is 10.1. The molecule has 0 spiro atoms. The standard InChI is InChI=1S/C10H12BrFN2O/c1-6(10(15)13-2)14-7-3-4-9(12)8(11)5-7/h3-6,14H,1-2H3,(H,13,15). The molecule has 0 aromatic heterocycles. The van der Waals surface area contributed by atoms with Crippen LogP contribution in [0.25, 0.3) is 0 Å². The Labute approximate surface area is 96.2 Å². The molecule has 0 bridgehead atoms. The predicted octanol–water partition coefficient (Wildman–Crippen LogP) is 2.13. The van der Waals surface area contributed by atoms with Crippen molar-refractivity contribution in [3.63, 3.8) is 0 Å². The molecule has 3 nitrogen and oxygen atoms in total. The second-order valence-corrected chi connectivity index (χ2v) is 3.96. The van der Waals surface area contributed by atoms with Crippen molar-refractivity contribution in [2.24, 2.45) is 0 Å². The van der Waals surface area contributed by atoms with Crippen LogP contribution in [0.15, 0.2) is 22.7 Å². The summed E-state index contributed by atoms with van der Waals surface area (Å²) >= 11 is 3.07. The van der Waals surface area contributed by atoms with E-state index in [0.717, 1.165) is 0 Å². The molecule has 0 aliphatic carbocycles. The summed E-state index contributed by atoms with van der Waals surface area (Å²) in [4.78, 5) is 11.2. The fraction of sp³-hybridized carbons (Fsp3) is 0.300. The third-order valence-electron chi connectivity index (χ3n) is 1.94. The minimum absolute atomic E-state index is 0.115. The van der Waals surface area contributed by atoms with Crippen molar-refractivity contribution in [3.05, 3.63) is 28.5 Å². The van der Waals surface area contributed by atoms with E-state index in [4.69, 9.17) is 0 Å². The van der Waals surface area contributed by atoms with Crippen LogP contribution >= 0.6 is 15.9 Å². The second kappa shape index (κ2) is 5.11.